The number of anilines is 2. The van der Waals surface area contributed by atoms with Crippen molar-refractivity contribution in [1.29, 1.82) is 0 Å². The molecule has 97 valence electrons. The second-order valence-electron chi connectivity index (χ2n) is 5.53. The Labute approximate surface area is 111 Å². The van der Waals surface area contributed by atoms with Crippen molar-refractivity contribution in [2.24, 2.45) is 0 Å². The molecule has 0 aliphatic carbocycles. The summed E-state index contributed by atoms with van der Waals surface area (Å²) in [6.45, 7) is 4.87. The van der Waals surface area contributed by atoms with Crippen molar-refractivity contribution in [3.05, 3.63) is 24.3 Å². The molecule has 2 fully saturated rings. The molecular formula is C16H23N2. The molecule has 18 heavy (non-hydrogen) atoms. The van der Waals surface area contributed by atoms with Gasteiger partial charge in [-0.15, -0.1) is 0 Å². The molecule has 2 heteroatoms. The van der Waals surface area contributed by atoms with Crippen LogP contribution in [0.25, 0.3) is 0 Å². The van der Waals surface area contributed by atoms with Gasteiger partial charge in [0.2, 0.25) is 0 Å². The van der Waals surface area contributed by atoms with E-state index in [4.69, 9.17) is 0 Å². The molecule has 1 aromatic carbocycles. The van der Waals surface area contributed by atoms with Crippen LogP contribution in [-0.2, 0) is 0 Å². The molecule has 0 atom stereocenters. The lowest BCUT2D eigenvalue weighted by molar-refractivity contribution is 0.573. The van der Waals surface area contributed by atoms with E-state index in [1.807, 2.05) is 0 Å². The van der Waals surface area contributed by atoms with E-state index in [0.717, 1.165) is 0 Å². The number of hydrogen-bond donors (Lipinski definition) is 0. The molecule has 0 N–H and O–H groups in total. The highest BCUT2D eigenvalue weighted by molar-refractivity contribution is 5.59. The Bertz CT molecular complexity index is 343. The van der Waals surface area contributed by atoms with Gasteiger partial charge in [-0.2, -0.15) is 0 Å². The van der Waals surface area contributed by atoms with Crippen molar-refractivity contribution in [1.82, 2.24) is 0 Å². The third-order valence-electron chi connectivity index (χ3n) is 4.19. The fourth-order valence-electron chi connectivity index (χ4n) is 3.11. The number of benzene rings is 1. The van der Waals surface area contributed by atoms with Gasteiger partial charge in [-0.3, -0.25) is 0 Å². The maximum Gasteiger partial charge on any atom is 0.0467 e. The van der Waals surface area contributed by atoms with Gasteiger partial charge < -0.3 is 9.80 Å². The van der Waals surface area contributed by atoms with Gasteiger partial charge in [0.05, 0.1) is 0 Å². The van der Waals surface area contributed by atoms with Crippen LogP contribution in [-0.4, -0.2) is 26.2 Å². The summed E-state index contributed by atoms with van der Waals surface area (Å²) in [4.78, 5) is 5.03. The zero-order valence-electron chi connectivity index (χ0n) is 11.2. The first-order chi connectivity index (χ1) is 8.93. The van der Waals surface area contributed by atoms with Crippen LogP contribution < -0.4 is 9.80 Å². The average Bonchev–Trinajstić information content (AvgIpc) is 2.49. The van der Waals surface area contributed by atoms with Crippen molar-refractivity contribution in [2.75, 3.05) is 36.0 Å². The second-order valence-corrected chi connectivity index (χ2v) is 5.53. The minimum Gasteiger partial charge on any atom is -0.371 e. The summed E-state index contributed by atoms with van der Waals surface area (Å²) in [6, 6.07) is 10.1. The van der Waals surface area contributed by atoms with Crippen LogP contribution in [0.5, 0.6) is 0 Å². The van der Waals surface area contributed by atoms with E-state index in [1.54, 1.807) is 0 Å². The minimum atomic E-state index is 1.21. The van der Waals surface area contributed by atoms with E-state index in [-0.39, 0.29) is 0 Å². The first-order valence-corrected chi connectivity index (χ1v) is 7.45. The fraction of sp³-hybridized carbons (Fsp3) is 0.625. The van der Waals surface area contributed by atoms with E-state index in [2.05, 4.69) is 34.1 Å². The highest BCUT2D eigenvalue weighted by Gasteiger charge is 2.14. The monoisotopic (exact) mass is 243 g/mol. The second kappa shape index (κ2) is 5.64. The molecule has 2 saturated heterocycles. The number of hydrogen-bond acceptors (Lipinski definition) is 2. The van der Waals surface area contributed by atoms with Crippen molar-refractivity contribution < 1.29 is 0 Å². The van der Waals surface area contributed by atoms with Gasteiger partial charge in [0, 0.05) is 43.6 Å². The normalized spacial score (nSPS) is 21.1. The lowest BCUT2D eigenvalue weighted by Gasteiger charge is -2.32. The SMILES string of the molecule is [c]1ccc(N2CCCCC2)cc1N1CCCCC1. The van der Waals surface area contributed by atoms with Crippen LogP contribution in [0.1, 0.15) is 38.5 Å². The van der Waals surface area contributed by atoms with Gasteiger partial charge in [-0.05, 0) is 50.7 Å². The summed E-state index contributed by atoms with van der Waals surface area (Å²) < 4.78 is 0. The van der Waals surface area contributed by atoms with Gasteiger partial charge in [-0.1, -0.05) is 6.07 Å². The van der Waals surface area contributed by atoms with Crippen LogP contribution in [0.2, 0.25) is 0 Å². The largest absolute Gasteiger partial charge is 0.371 e. The van der Waals surface area contributed by atoms with E-state index in [9.17, 15) is 0 Å². The Hall–Kier alpha value is -1.18. The molecule has 1 aromatic rings. The standard InChI is InChI=1S/C16H23N2/c1-3-10-17(11-4-1)15-8-7-9-16(14-15)18-12-5-2-6-13-18/h7-8,14H,1-6,10-13H2. The van der Waals surface area contributed by atoms with Crippen molar-refractivity contribution >= 4 is 11.4 Å². The third kappa shape index (κ3) is 2.63. The van der Waals surface area contributed by atoms with Gasteiger partial charge in [0.15, 0.2) is 0 Å². The maximum atomic E-state index is 3.42. The van der Waals surface area contributed by atoms with E-state index >= 15 is 0 Å². The topological polar surface area (TPSA) is 6.48 Å². The molecule has 0 unspecified atom stereocenters. The molecule has 2 aliphatic heterocycles. The van der Waals surface area contributed by atoms with E-state index in [1.165, 1.54) is 76.1 Å². The number of nitrogens with zero attached hydrogens (tertiary/aromatic N) is 2. The van der Waals surface area contributed by atoms with Crippen molar-refractivity contribution in [3.63, 3.8) is 0 Å². The summed E-state index contributed by atoms with van der Waals surface area (Å²) in [5.41, 5.74) is 2.70. The molecule has 0 aromatic heterocycles. The summed E-state index contributed by atoms with van der Waals surface area (Å²) >= 11 is 0. The molecule has 2 aliphatic rings. The minimum absolute atomic E-state index is 1.21. The zero-order valence-corrected chi connectivity index (χ0v) is 11.2. The quantitative estimate of drug-likeness (QED) is 0.785. The van der Waals surface area contributed by atoms with Gasteiger partial charge in [-0.25, -0.2) is 0 Å². The van der Waals surface area contributed by atoms with Gasteiger partial charge in [0.1, 0.15) is 0 Å². The predicted octanol–water partition coefficient (Wildman–Crippen LogP) is 3.47. The number of rotatable bonds is 2. The van der Waals surface area contributed by atoms with Crippen molar-refractivity contribution in [2.45, 2.75) is 38.5 Å². The van der Waals surface area contributed by atoms with E-state index < -0.39 is 0 Å². The Morgan fingerprint density at radius 2 is 1.39 bits per heavy atom. The Morgan fingerprint density at radius 1 is 0.778 bits per heavy atom. The van der Waals surface area contributed by atoms with Gasteiger partial charge >= 0.3 is 0 Å². The molecule has 0 saturated carbocycles. The highest BCUT2D eigenvalue weighted by Crippen LogP contribution is 2.26. The predicted molar refractivity (Wildman–Crippen MR) is 77.4 cm³/mol. The molecule has 1 radical (unpaired) electrons. The third-order valence-corrected chi connectivity index (χ3v) is 4.19. The van der Waals surface area contributed by atoms with Crippen LogP contribution in [0, 0.1) is 6.07 Å². The Kier molecular flexibility index (Phi) is 3.72. The molecule has 2 heterocycles. The molecule has 2 nitrogen and oxygen atoms in total. The lowest BCUT2D eigenvalue weighted by Crippen LogP contribution is -2.31. The molecule has 0 bridgehead atoms. The zero-order chi connectivity index (χ0) is 12.2. The molecule has 3 rings (SSSR count). The first kappa shape index (κ1) is 11.9. The van der Waals surface area contributed by atoms with Crippen LogP contribution in [0.15, 0.2) is 18.2 Å². The molecule has 0 amide bonds. The van der Waals surface area contributed by atoms with Crippen molar-refractivity contribution in [3.8, 4) is 0 Å². The van der Waals surface area contributed by atoms with Crippen LogP contribution >= 0.6 is 0 Å². The summed E-state index contributed by atoms with van der Waals surface area (Å²) in [5, 5.41) is 0. The average molecular weight is 243 g/mol. The summed E-state index contributed by atoms with van der Waals surface area (Å²) in [6.07, 6.45) is 8.15. The lowest BCUT2D eigenvalue weighted by atomic mass is 10.1. The molecule has 0 spiro atoms. The highest BCUT2D eigenvalue weighted by atomic mass is 15.2. The van der Waals surface area contributed by atoms with Crippen LogP contribution in [0.3, 0.4) is 0 Å². The fourth-order valence-corrected chi connectivity index (χ4v) is 3.11. The summed E-state index contributed by atoms with van der Waals surface area (Å²) in [7, 11) is 0. The van der Waals surface area contributed by atoms with Crippen LogP contribution in [0.4, 0.5) is 11.4 Å². The maximum absolute atomic E-state index is 3.42. The Morgan fingerprint density at radius 3 is 2.06 bits per heavy atom. The number of piperidine rings is 2. The smallest absolute Gasteiger partial charge is 0.0467 e. The first-order valence-electron chi connectivity index (χ1n) is 7.45. The van der Waals surface area contributed by atoms with E-state index in [0.29, 0.717) is 0 Å². The Balaban J connectivity index is 1.75. The van der Waals surface area contributed by atoms with Gasteiger partial charge in [0.25, 0.3) is 0 Å². The molecular weight excluding hydrogens is 220 g/mol. The summed E-state index contributed by atoms with van der Waals surface area (Å²) in [5.74, 6) is 0.